The molecular formula is C15H23NO2S. The van der Waals surface area contributed by atoms with Gasteiger partial charge in [-0.25, -0.2) is 8.42 Å². The third-order valence-corrected chi connectivity index (χ3v) is 6.23. The molecule has 1 N–H and O–H groups in total. The Balaban J connectivity index is 1.70. The highest BCUT2D eigenvalue weighted by atomic mass is 32.2. The van der Waals surface area contributed by atoms with Crippen molar-refractivity contribution in [1.29, 1.82) is 0 Å². The summed E-state index contributed by atoms with van der Waals surface area (Å²) in [5, 5.41) is 3.15. The molecule has 1 aromatic carbocycles. The van der Waals surface area contributed by atoms with Crippen LogP contribution in [0.25, 0.3) is 0 Å². The van der Waals surface area contributed by atoms with Gasteiger partial charge in [0.25, 0.3) is 0 Å². The van der Waals surface area contributed by atoms with Crippen molar-refractivity contribution in [2.24, 2.45) is 0 Å². The zero-order chi connectivity index (χ0) is 13.7. The Bertz CT molecular complexity index is 484. The molecule has 106 valence electrons. The summed E-state index contributed by atoms with van der Waals surface area (Å²) in [4.78, 5) is 0. The van der Waals surface area contributed by atoms with E-state index in [2.05, 4.69) is 36.5 Å². The van der Waals surface area contributed by atoms with Crippen LogP contribution < -0.4 is 5.32 Å². The van der Waals surface area contributed by atoms with Crippen LogP contribution in [0.1, 0.15) is 37.7 Å². The molecule has 0 amide bonds. The molecule has 1 fully saturated rings. The molecule has 2 unspecified atom stereocenters. The second-order valence-corrected chi connectivity index (χ2v) is 7.84. The summed E-state index contributed by atoms with van der Waals surface area (Å²) >= 11 is 0. The number of hydrogen-bond donors (Lipinski definition) is 1. The minimum absolute atomic E-state index is 0.153. The Labute approximate surface area is 116 Å². The maximum absolute atomic E-state index is 11.7. The van der Waals surface area contributed by atoms with E-state index in [1.54, 1.807) is 0 Å². The smallest absolute Gasteiger partial charge is 0.154 e. The van der Waals surface area contributed by atoms with Crippen LogP contribution in [0.3, 0.4) is 0 Å². The lowest BCUT2D eigenvalue weighted by atomic mass is 9.98. The van der Waals surface area contributed by atoms with E-state index >= 15 is 0 Å². The van der Waals surface area contributed by atoms with Crippen molar-refractivity contribution in [3.05, 3.63) is 35.9 Å². The van der Waals surface area contributed by atoms with Gasteiger partial charge in [0.2, 0.25) is 0 Å². The SMILES string of the molecule is CC(CCNCC1CCCS1(=O)=O)c1ccccc1. The maximum Gasteiger partial charge on any atom is 0.154 e. The van der Waals surface area contributed by atoms with E-state index in [4.69, 9.17) is 0 Å². The molecular weight excluding hydrogens is 258 g/mol. The zero-order valence-electron chi connectivity index (χ0n) is 11.5. The van der Waals surface area contributed by atoms with Crippen molar-refractivity contribution in [1.82, 2.24) is 5.32 Å². The van der Waals surface area contributed by atoms with Gasteiger partial charge in [0.05, 0.1) is 11.0 Å². The Morgan fingerprint density at radius 3 is 2.68 bits per heavy atom. The molecule has 4 heteroatoms. The molecule has 0 spiro atoms. The van der Waals surface area contributed by atoms with Crippen LogP contribution in [0.15, 0.2) is 30.3 Å². The van der Waals surface area contributed by atoms with Crippen LogP contribution in [0.5, 0.6) is 0 Å². The standard InChI is InChI=1S/C15H23NO2S/c1-13(14-6-3-2-4-7-14)9-10-16-12-15-8-5-11-19(15,17)18/h2-4,6-7,13,15-16H,5,8-12H2,1H3. The lowest BCUT2D eigenvalue weighted by Gasteiger charge is -2.14. The lowest BCUT2D eigenvalue weighted by Crippen LogP contribution is -2.31. The Morgan fingerprint density at radius 1 is 1.32 bits per heavy atom. The van der Waals surface area contributed by atoms with Gasteiger partial charge in [0, 0.05) is 6.54 Å². The average Bonchev–Trinajstić information content (AvgIpc) is 2.74. The predicted octanol–water partition coefficient (Wildman–Crippen LogP) is 2.35. The van der Waals surface area contributed by atoms with Gasteiger partial charge in [0.1, 0.15) is 0 Å². The van der Waals surface area contributed by atoms with E-state index in [-0.39, 0.29) is 5.25 Å². The highest BCUT2D eigenvalue weighted by Gasteiger charge is 2.30. The van der Waals surface area contributed by atoms with Crippen molar-refractivity contribution in [3.8, 4) is 0 Å². The summed E-state index contributed by atoms with van der Waals surface area (Å²) in [5.74, 6) is 0.883. The fraction of sp³-hybridized carbons (Fsp3) is 0.600. The number of sulfone groups is 1. The molecule has 1 heterocycles. The molecule has 1 aliphatic heterocycles. The molecule has 1 aromatic rings. The summed E-state index contributed by atoms with van der Waals surface area (Å²) < 4.78 is 23.3. The van der Waals surface area contributed by atoms with Gasteiger partial charge in [-0.2, -0.15) is 0 Å². The third kappa shape index (κ3) is 4.05. The van der Waals surface area contributed by atoms with Gasteiger partial charge in [-0.15, -0.1) is 0 Å². The molecule has 0 radical (unpaired) electrons. The van der Waals surface area contributed by atoms with E-state index < -0.39 is 9.84 Å². The quantitative estimate of drug-likeness (QED) is 0.814. The topological polar surface area (TPSA) is 46.2 Å². The summed E-state index contributed by atoms with van der Waals surface area (Å²) in [6.45, 7) is 3.70. The lowest BCUT2D eigenvalue weighted by molar-refractivity contribution is 0.556. The summed E-state index contributed by atoms with van der Waals surface area (Å²) in [5.41, 5.74) is 1.35. The van der Waals surface area contributed by atoms with Crippen LogP contribution in [0, 0.1) is 0 Å². The summed E-state index contributed by atoms with van der Waals surface area (Å²) in [6.07, 6.45) is 2.69. The van der Waals surface area contributed by atoms with Crippen molar-refractivity contribution in [3.63, 3.8) is 0 Å². The van der Waals surface area contributed by atoms with Crippen LogP contribution in [0.2, 0.25) is 0 Å². The molecule has 2 rings (SSSR count). The van der Waals surface area contributed by atoms with Gasteiger partial charge in [0.15, 0.2) is 9.84 Å². The average molecular weight is 281 g/mol. The van der Waals surface area contributed by atoms with Crippen LogP contribution in [0.4, 0.5) is 0 Å². The fourth-order valence-corrected chi connectivity index (χ4v) is 4.42. The Morgan fingerprint density at radius 2 is 2.05 bits per heavy atom. The molecule has 1 saturated heterocycles. The first-order valence-corrected chi connectivity index (χ1v) is 8.78. The van der Waals surface area contributed by atoms with E-state index in [0.717, 1.165) is 25.8 Å². The highest BCUT2D eigenvalue weighted by Crippen LogP contribution is 2.20. The minimum atomic E-state index is -2.80. The second-order valence-electron chi connectivity index (χ2n) is 5.44. The number of hydrogen-bond acceptors (Lipinski definition) is 3. The van der Waals surface area contributed by atoms with Gasteiger partial charge >= 0.3 is 0 Å². The Kier molecular flexibility index (Phi) is 4.99. The fourth-order valence-electron chi connectivity index (χ4n) is 2.62. The number of benzene rings is 1. The van der Waals surface area contributed by atoms with E-state index in [0.29, 0.717) is 18.2 Å². The van der Waals surface area contributed by atoms with Crippen LogP contribution in [-0.4, -0.2) is 32.5 Å². The van der Waals surface area contributed by atoms with E-state index in [1.165, 1.54) is 5.56 Å². The normalized spacial score (nSPS) is 23.3. The number of rotatable bonds is 6. The van der Waals surface area contributed by atoms with Gasteiger partial charge in [-0.1, -0.05) is 37.3 Å². The van der Waals surface area contributed by atoms with Crippen molar-refractivity contribution >= 4 is 9.84 Å². The monoisotopic (exact) mass is 281 g/mol. The molecule has 0 aliphatic carbocycles. The van der Waals surface area contributed by atoms with Crippen molar-refractivity contribution < 1.29 is 8.42 Å². The number of nitrogens with one attached hydrogen (secondary N) is 1. The van der Waals surface area contributed by atoms with E-state index in [1.807, 2.05) is 6.07 Å². The van der Waals surface area contributed by atoms with E-state index in [9.17, 15) is 8.42 Å². The first-order chi connectivity index (χ1) is 9.09. The molecule has 3 nitrogen and oxygen atoms in total. The van der Waals surface area contributed by atoms with Crippen LogP contribution >= 0.6 is 0 Å². The molecule has 2 atom stereocenters. The summed E-state index contributed by atoms with van der Waals surface area (Å²) in [6, 6.07) is 10.4. The molecule has 0 bridgehead atoms. The first kappa shape index (κ1) is 14.5. The summed E-state index contributed by atoms with van der Waals surface area (Å²) in [7, 11) is -2.80. The second kappa shape index (κ2) is 6.53. The van der Waals surface area contributed by atoms with Crippen molar-refractivity contribution in [2.45, 2.75) is 37.4 Å². The molecule has 1 aliphatic rings. The minimum Gasteiger partial charge on any atom is -0.315 e. The predicted molar refractivity (Wildman–Crippen MR) is 79.2 cm³/mol. The van der Waals surface area contributed by atoms with Gasteiger partial charge in [-0.05, 0) is 37.3 Å². The van der Waals surface area contributed by atoms with Crippen LogP contribution in [-0.2, 0) is 9.84 Å². The Hall–Kier alpha value is -0.870. The highest BCUT2D eigenvalue weighted by molar-refractivity contribution is 7.92. The molecule has 19 heavy (non-hydrogen) atoms. The zero-order valence-corrected chi connectivity index (χ0v) is 12.3. The largest absolute Gasteiger partial charge is 0.315 e. The van der Waals surface area contributed by atoms with Gasteiger partial charge in [-0.3, -0.25) is 0 Å². The third-order valence-electron chi connectivity index (χ3n) is 3.96. The van der Waals surface area contributed by atoms with Crippen molar-refractivity contribution in [2.75, 3.05) is 18.8 Å². The molecule has 0 saturated carbocycles. The first-order valence-electron chi connectivity index (χ1n) is 7.07. The van der Waals surface area contributed by atoms with Gasteiger partial charge < -0.3 is 5.32 Å². The maximum atomic E-state index is 11.7. The molecule has 0 aromatic heterocycles.